The molecule has 4 atom stereocenters. The summed E-state index contributed by atoms with van der Waals surface area (Å²) in [7, 11) is 0. The molecule has 0 saturated carbocycles. The molecule has 2 bridgehead atoms. The molecule has 4 nitrogen and oxygen atoms in total. The zero-order valence-corrected chi connectivity index (χ0v) is 11.4. The summed E-state index contributed by atoms with van der Waals surface area (Å²) in [6.45, 7) is 3.93. The van der Waals surface area contributed by atoms with Crippen LogP contribution in [0, 0.1) is 25.7 Å². The maximum absolute atomic E-state index is 12.6. The fourth-order valence-electron chi connectivity index (χ4n) is 3.52. The highest BCUT2D eigenvalue weighted by Crippen LogP contribution is 2.46. The first kappa shape index (κ1) is 11.9. The summed E-state index contributed by atoms with van der Waals surface area (Å²) in [6, 6.07) is 5.71. The number of anilines is 1. The fourth-order valence-corrected chi connectivity index (χ4v) is 3.52. The second-order valence-corrected chi connectivity index (χ2v) is 5.73. The third kappa shape index (κ3) is 1.29. The number of fused-ring (bicyclic) bond motifs is 5. The molecule has 0 aromatic heterocycles. The van der Waals surface area contributed by atoms with Gasteiger partial charge in [0.25, 0.3) is 0 Å². The first-order chi connectivity index (χ1) is 9.59. The highest BCUT2D eigenvalue weighted by atomic mass is 16.5. The first-order valence-electron chi connectivity index (χ1n) is 6.87. The Bertz CT molecular complexity index is 634. The summed E-state index contributed by atoms with van der Waals surface area (Å²) < 4.78 is 5.64. The summed E-state index contributed by atoms with van der Waals surface area (Å²) in [5, 5.41) is 0. The second kappa shape index (κ2) is 3.79. The first-order valence-corrected chi connectivity index (χ1v) is 6.87. The predicted molar refractivity (Wildman–Crippen MR) is 73.2 cm³/mol. The normalized spacial score (nSPS) is 34.2. The number of hydrogen-bond acceptors (Lipinski definition) is 3. The molecule has 2 saturated heterocycles. The van der Waals surface area contributed by atoms with E-state index in [-0.39, 0.29) is 35.9 Å². The van der Waals surface area contributed by atoms with Crippen LogP contribution in [0.4, 0.5) is 5.69 Å². The number of imide groups is 1. The standard InChI is InChI=1S/C16H15NO3/c1-8-4-3-5-10(9(8)2)17-15(18)13-11-6-7-12(20-11)14(13)16(17)19/h3-7,11-14H,1-2H3/t11-,12+,13+,14-. The molecule has 0 spiro atoms. The van der Waals surface area contributed by atoms with Crippen molar-refractivity contribution in [3.05, 3.63) is 41.5 Å². The molecular weight excluding hydrogens is 254 g/mol. The molecule has 4 heteroatoms. The van der Waals surface area contributed by atoms with Crippen LogP contribution < -0.4 is 4.90 Å². The van der Waals surface area contributed by atoms with Crippen LogP contribution in [0.5, 0.6) is 0 Å². The van der Waals surface area contributed by atoms with Crippen LogP contribution in [0.2, 0.25) is 0 Å². The van der Waals surface area contributed by atoms with E-state index in [0.717, 1.165) is 11.1 Å². The van der Waals surface area contributed by atoms with Crippen LogP contribution in [0.1, 0.15) is 11.1 Å². The van der Waals surface area contributed by atoms with Gasteiger partial charge in [-0.1, -0.05) is 24.3 Å². The maximum atomic E-state index is 12.6. The smallest absolute Gasteiger partial charge is 0.240 e. The lowest BCUT2D eigenvalue weighted by molar-refractivity contribution is -0.124. The van der Waals surface area contributed by atoms with Gasteiger partial charge >= 0.3 is 0 Å². The summed E-state index contributed by atoms with van der Waals surface area (Å²) in [5.74, 6) is -0.911. The van der Waals surface area contributed by atoms with E-state index in [1.165, 1.54) is 4.90 Å². The predicted octanol–water partition coefficient (Wildman–Crippen LogP) is 1.75. The number of carbonyl (C=O) groups excluding carboxylic acids is 2. The molecule has 20 heavy (non-hydrogen) atoms. The van der Waals surface area contributed by atoms with Gasteiger partial charge in [0, 0.05) is 0 Å². The summed E-state index contributed by atoms with van der Waals surface area (Å²) >= 11 is 0. The number of rotatable bonds is 1. The molecule has 102 valence electrons. The zero-order chi connectivity index (χ0) is 14.0. The molecular formula is C16H15NO3. The monoisotopic (exact) mass is 269 g/mol. The number of hydrogen-bond donors (Lipinski definition) is 0. The Labute approximate surface area is 117 Å². The molecule has 0 N–H and O–H groups in total. The summed E-state index contributed by atoms with van der Waals surface area (Å²) in [4.78, 5) is 26.7. The molecule has 3 aliphatic rings. The van der Waals surface area contributed by atoms with E-state index in [2.05, 4.69) is 0 Å². The topological polar surface area (TPSA) is 46.6 Å². The van der Waals surface area contributed by atoms with Crippen molar-refractivity contribution in [3.63, 3.8) is 0 Å². The minimum atomic E-state index is -0.336. The molecule has 0 radical (unpaired) electrons. The molecule has 0 aliphatic carbocycles. The Morgan fingerprint density at radius 1 is 1.00 bits per heavy atom. The van der Waals surface area contributed by atoms with E-state index in [9.17, 15) is 9.59 Å². The van der Waals surface area contributed by atoms with E-state index < -0.39 is 0 Å². The third-order valence-corrected chi connectivity index (χ3v) is 4.73. The van der Waals surface area contributed by atoms with Gasteiger partial charge in [0.2, 0.25) is 11.8 Å². The minimum Gasteiger partial charge on any atom is -0.365 e. The molecule has 3 aliphatic heterocycles. The summed E-state index contributed by atoms with van der Waals surface area (Å²) in [6.07, 6.45) is 3.36. The van der Waals surface area contributed by atoms with Gasteiger partial charge in [0.15, 0.2) is 0 Å². The lowest BCUT2D eigenvalue weighted by atomic mass is 9.85. The van der Waals surface area contributed by atoms with E-state index in [0.29, 0.717) is 5.69 Å². The van der Waals surface area contributed by atoms with Crippen molar-refractivity contribution in [1.82, 2.24) is 0 Å². The van der Waals surface area contributed by atoms with E-state index >= 15 is 0 Å². The van der Waals surface area contributed by atoms with Crippen molar-refractivity contribution >= 4 is 17.5 Å². The molecule has 4 rings (SSSR count). The molecule has 1 aromatic rings. The van der Waals surface area contributed by atoms with Gasteiger partial charge in [-0.3, -0.25) is 9.59 Å². The highest BCUT2D eigenvalue weighted by molar-refractivity contribution is 6.23. The number of aryl methyl sites for hydroxylation is 1. The lowest BCUT2D eigenvalue weighted by Gasteiger charge is -2.20. The van der Waals surface area contributed by atoms with Crippen molar-refractivity contribution in [1.29, 1.82) is 0 Å². The Hall–Kier alpha value is -1.94. The van der Waals surface area contributed by atoms with E-state index in [1.54, 1.807) is 0 Å². The highest BCUT2D eigenvalue weighted by Gasteiger charge is 2.61. The van der Waals surface area contributed by atoms with Gasteiger partial charge in [0.1, 0.15) is 0 Å². The quantitative estimate of drug-likeness (QED) is 0.576. The molecule has 3 heterocycles. The van der Waals surface area contributed by atoms with Gasteiger partial charge < -0.3 is 4.74 Å². The van der Waals surface area contributed by atoms with Crippen molar-refractivity contribution in [2.24, 2.45) is 11.8 Å². The van der Waals surface area contributed by atoms with E-state index in [1.807, 2.05) is 44.2 Å². The summed E-state index contributed by atoms with van der Waals surface area (Å²) in [5.41, 5.74) is 2.78. The van der Waals surface area contributed by atoms with Crippen molar-refractivity contribution in [2.75, 3.05) is 4.90 Å². The van der Waals surface area contributed by atoms with Crippen molar-refractivity contribution in [3.8, 4) is 0 Å². The average molecular weight is 269 g/mol. The molecule has 2 fully saturated rings. The van der Waals surface area contributed by atoms with Crippen LogP contribution in [-0.4, -0.2) is 24.0 Å². The van der Waals surface area contributed by atoms with Crippen molar-refractivity contribution in [2.45, 2.75) is 26.1 Å². The minimum absolute atomic E-state index is 0.120. The van der Waals surface area contributed by atoms with Gasteiger partial charge in [-0.25, -0.2) is 4.90 Å². The van der Waals surface area contributed by atoms with Crippen LogP contribution in [0.25, 0.3) is 0 Å². The van der Waals surface area contributed by atoms with Gasteiger partial charge in [-0.15, -0.1) is 0 Å². The molecule has 2 amide bonds. The zero-order valence-electron chi connectivity index (χ0n) is 11.4. The van der Waals surface area contributed by atoms with Crippen LogP contribution >= 0.6 is 0 Å². The Morgan fingerprint density at radius 3 is 2.20 bits per heavy atom. The Morgan fingerprint density at radius 2 is 1.60 bits per heavy atom. The van der Waals surface area contributed by atoms with Crippen molar-refractivity contribution < 1.29 is 14.3 Å². The van der Waals surface area contributed by atoms with Crippen LogP contribution in [0.3, 0.4) is 0 Å². The third-order valence-electron chi connectivity index (χ3n) is 4.73. The fraction of sp³-hybridized carbons (Fsp3) is 0.375. The molecule has 0 unspecified atom stereocenters. The number of ether oxygens (including phenoxy) is 1. The number of benzene rings is 1. The maximum Gasteiger partial charge on any atom is 0.240 e. The SMILES string of the molecule is Cc1cccc(N2C(=O)[C@@H]3[C@H](C2=O)[C@@H]2C=C[C@H]3O2)c1C. The molecule has 1 aromatic carbocycles. The van der Waals surface area contributed by atoms with Crippen LogP contribution in [0.15, 0.2) is 30.4 Å². The Balaban J connectivity index is 1.80. The number of nitrogens with zero attached hydrogens (tertiary/aromatic N) is 1. The van der Waals surface area contributed by atoms with Gasteiger partial charge in [-0.05, 0) is 31.0 Å². The Kier molecular flexibility index (Phi) is 2.25. The second-order valence-electron chi connectivity index (χ2n) is 5.73. The lowest BCUT2D eigenvalue weighted by Crippen LogP contribution is -2.35. The average Bonchev–Trinajstić information content (AvgIpc) is 3.09. The number of carbonyl (C=O) groups is 2. The van der Waals surface area contributed by atoms with E-state index in [4.69, 9.17) is 4.74 Å². The van der Waals surface area contributed by atoms with Crippen LogP contribution in [-0.2, 0) is 14.3 Å². The van der Waals surface area contributed by atoms with Gasteiger partial charge in [0.05, 0.1) is 29.7 Å². The number of amides is 2. The van der Waals surface area contributed by atoms with Gasteiger partial charge in [-0.2, -0.15) is 0 Å². The largest absolute Gasteiger partial charge is 0.365 e.